The molecule has 1 amide bonds. The van der Waals surface area contributed by atoms with Crippen LogP contribution in [0.15, 0.2) is 72.9 Å². The van der Waals surface area contributed by atoms with E-state index in [2.05, 4.69) is 35.1 Å². The van der Waals surface area contributed by atoms with Gasteiger partial charge in [-0.15, -0.1) is 0 Å². The van der Waals surface area contributed by atoms with Gasteiger partial charge in [-0.25, -0.2) is 0 Å². The number of nitrogens with zero attached hydrogens (tertiary/aromatic N) is 3. The lowest BCUT2D eigenvalue weighted by Gasteiger charge is -2.21. The molecule has 0 saturated heterocycles. The molecule has 0 fully saturated rings. The van der Waals surface area contributed by atoms with E-state index in [9.17, 15) is 4.79 Å². The highest BCUT2D eigenvalue weighted by atomic mass is 16.5. The molecule has 5 heteroatoms. The van der Waals surface area contributed by atoms with Crippen LogP contribution in [0.4, 0.5) is 0 Å². The van der Waals surface area contributed by atoms with Gasteiger partial charge < -0.3 is 14.5 Å². The van der Waals surface area contributed by atoms with Crippen molar-refractivity contribution in [2.24, 2.45) is 0 Å². The van der Waals surface area contributed by atoms with Crippen LogP contribution in [0.2, 0.25) is 0 Å². The molecule has 0 bridgehead atoms. The van der Waals surface area contributed by atoms with Gasteiger partial charge >= 0.3 is 0 Å². The fourth-order valence-corrected chi connectivity index (χ4v) is 3.72. The number of likely N-dealkylation sites (N-methyl/N-ethyl adjacent to an activating group) is 1. The number of hydrogen-bond acceptors (Lipinski definition) is 4. The molecule has 2 aromatic carbocycles. The lowest BCUT2D eigenvalue weighted by atomic mass is 10.1. The maximum Gasteiger partial charge on any atom is 0.254 e. The van der Waals surface area contributed by atoms with Crippen LogP contribution in [0.3, 0.4) is 0 Å². The van der Waals surface area contributed by atoms with E-state index in [4.69, 9.17) is 4.74 Å². The van der Waals surface area contributed by atoms with Crippen molar-refractivity contribution in [1.29, 1.82) is 0 Å². The van der Waals surface area contributed by atoms with Crippen LogP contribution in [0.1, 0.15) is 27.2 Å². The highest BCUT2D eigenvalue weighted by Crippen LogP contribution is 2.25. The van der Waals surface area contributed by atoms with Gasteiger partial charge in [-0.05, 0) is 49.0 Å². The summed E-state index contributed by atoms with van der Waals surface area (Å²) in [5, 5.41) is 0. The highest BCUT2D eigenvalue weighted by Gasteiger charge is 2.21. The van der Waals surface area contributed by atoms with Crippen LogP contribution in [0, 0.1) is 0 Å². The van der Waals surface area contributed by atoms with Gasteiger partial charge in [-0.2, -0.15) is 0 Å². The number of carbonyl (C=O) groups is 1. The summed E-state index contributed by atoms with van der Waals surface area (Å²) in [5.41, 5.74) is 4.10. The van der Waals surface area contributed by atoms with Crippen LogP contribution in [0.5, 0.6) is 5.75 Å². The first-order valence-corrected chi connectivity index (χ1v) is 10.4. The summed E-state index contributed by atoms with van der Waals surface area (Å²) in [5.74, 6) is 0.920. The Morgan fingerprint density at radius 1 is 1.10 bits per heavy atom. The fraction of sp³-hybridized carbons (Fsp3) is 0.280. The van der Waals surface area contributed by atoms with Crippen LogP contribution < -0.4 is 4.74 Å². The van der Waals surface area contributed by atoms with Crippen molar-refractivity contribution >= 4 is 5.91 Å². The van der Waals surface area contributed by atoms with Crippen molar-refractivity contribution in [1.82, 2.24) is 14.8 Å². The molecule has 1 aliphatic heterocycles. The number of pyridine rings is 1. The van der Waals surface area contributed by atoms with Crippen molar-refractivity contribution in [3.05, 3.63) is 95.3 Å². The topological polar surface area (TPSA) is 45.7 Å². The normalized spacial score (nSPS) is 13.5. The summed E-state index contributed by atoms with van der Waals surface area (Å²) in [6, 6.07) is 21.8. The van der Waals surface area contributed by atoms with Gasteiger partial charge in [-0.3, -0.25) is 9.78 Å². The second kappa shape index (κ2) is 9.55. The largest absolute Gasteiger partial charge is 0.491 e. The van der Waals surface area contributed by atoms with Crippen LogP contribution in [-0.2, 0) is 19.5 Å². The molecule has 1 aromatic heterocycles. The van der Waals surface area contributed by atoms with E-state index in [0.717, 1.165) is 36.5 Å². The highest BCUT2D eigenvalue weighted by molar-refractivity contribution is 5.94. The van der Waals surface area contributed by atoms with Gasteiger partial charge in [0.05, 0.1) is 6.54 Å². The third-order valence-electron chi connectivity index (χ3n) is 5.34. The molecule has 0 atom stereocenters. The van der Waals surface area contributed by atoms with Crippen molar-refractivity contribution < 1.29 is 9.53 Å². The number of fused-ring (bicyclic) bond motifs is 1. The number of amides is 1. The molecule has 30 heavy (non-hydrogen) atoms. The van der Waals surface area contributed by atoms with Gasteiger partial charge in [0.15, 0.2) is 0 Å². The molecule has 2 heterocycles. The predicted octanol–water partition coefficient (Wildman–Crippen LogP) is 3.79. The van der Waals surface area contributed by atoms with Crippen LogP contribution in [-0.4, -0.2) is 47.4 Å². The fourth-order valence-electron chi connectivity index (χ4n) is 3.72. The SMILES string of the molecule is CN(CCc1ccccn1)Cc1ccc2c(c1)CN(C(=O)c1ccccc1)CCO2. The van der Waals surface area contributed by atoms with Gasteiger partial charge in [0.2, 0.25) is 0 Å². The molecule has 0 saturated carbocycles. The molecule has 0 spiro atoms. The van der Waals surface area contributed by atoms with E-state index in [1.165, 1.54) is 5.56 Å². The summed E-state index contributed by atoms with van der Waals surface area (Å²) in [7, 11) is 2.12. The third-order valence-corrected chi connectivity index (χ3v) is 5.34. The minimum absolute atomic E-state index is 0.0462. The first kappa shape index (κ1) is 20.1. The van der Waals surface area contributed by atoms with Gasteiger partial charge in [0.25, 0.3) is 5.91 Å². The van der Waals surface area contributed by atoms with E-state index < -0.39 is 0 Å². The Morgan fingerprint density at radius 2 is 1.93 bits per heavy atom. The zero-order chi connectivity index (χ0) is 20.8. The molecule has 154 valence electrons. The average Bonchev–Trinajstić information content (AvgIpc) is 3.00. The predicted molar refractivity (Wildman–Crippen MR) is 117 cm³/mol. The zero-order valence-corrected chi connectivity index (χ0v) is 17.3. The summed E-state index contributed by atoms with van der Waals surface area (Å²) in [4.78, 5) is 21.5. The maximum absolute atomic E-state index is 12.9. The quantitative estimate of drug-likeness (QED) is 0.630. The van der Waals surface area contributed by atoms with E-state index >= 15 is 0 Å². The van der Waals surface area contributed by atoms with E-state index in [0.29, 0.717) is 25.3 Å². The van der Waals surface area contributed by atoms with Crippen molar-refractivity contribution in [2.75, 3.05) is 26.7 Å². The van der Waals surface area contributed by atoms with E-state index in [1.54, 1.807) is 0 Å². The minimum atomic E-state index is 0.0462. The third kappa shape index (κ3) is 5.05. The Morgan fingerprint density at radius 3 is 2.73 bits per heavy atom. The Balaban J connectivity index is 1.42. The van der Waals surface area contributed by atoms with Crippen molar-refractivity contribution in [2.45, 2.75) is 19.5 Å². The number of aromatic nitrogens is 1. The minimum Gasteiger partial charge on any atom is -0.491 e. The molecule has 0 N–H and O–H groups in total. The van der Waals surface area contributed by atoms with E-state index in [-0.39, 0.29) is 5.91 Å². The zero-order valence-electron chi connectivity index (χ0n) is 17.3. The maximum atomic E-state index is 12.9. The van der Waals surface area contributed by atoms with Gasteiger partial charge in [0, 0.05) is 49.1 Å². The van der Waals surface area contributed by atoms with Crippen LogP contribution in [0.25, 0.3) is 0 Å². The number of rotatable bonds is 6. The monoisotopic (exact) mass is 401 g/mol. The summed E-state index contributed by atoms with van der Waals surface area (Å²) in [6.45, 7) is 3.43. The number of carbonyl (C=O) groups excluding carboxylic acids is 1. The second-order valence-corrected chi connectivity index (χ2v) is 7.69. The first-order valence-electron chi connectivity index (χ1n) is 10.4. The number of ether oxygens (including phenoxy) is 1. The first-order chi connectivity index (χ1) is 14.7. The molecule has 0 aliphatic carbocycles. The Kier molecular flexibility index (Phi) is 6.40. The summed E-state index contributed by atoms with van der Waals surface area (Å²) in [6.07, 6.45) is 2.76. The molecule has 3 aromatic rings. The molecule has 0 unspecified atom stereocenters. The number of benzene rings is 2. The average molecular weight is 402 g/mol. The molecular weight excluding hydrogens is 374 g/mol. The van der Waals surface area contributed by atoms with E-state index in [1.807, 2.05) is 59.6 Å². The molecule has 1 aliphatic rings. The van der Waals surface area contributed by atoms with Crippen molar-refractivity contribution in [3.63, 3.8) is 0 Å². The summed E-state index contributed by atoms with van der Waals surface area (Å²) >= 11 is 0. The van der Waals surface area contributed by atoms with Crippen molar-refractivity contribution in [3.8, 4) is 5.75 Å². The standard InChI is InChI=1S/C25H27N3O2/c1-27(14-12-23-9-5-6-13-26-23)18-20-10-11-24-22(17-20)19-28(15-16-30-24)25(29)21-7-3-2-4-8-21/h2-11,13,17H,12,14-16,18-19H2,1H3. The Hall–Kier alpha value is -3.18. The Bertz CT molecular complexity index is 976. The second-order valence-electron chi connectivity index (χ2n) is 7.69. The molecule has 5 nitrogen and oxygen atoms in total. The van der Waals surface area contributed by atoms with Gasteiger partial charge in [-0.1, -0.05) is 30.3 Å². The lowest BCUT2D eigenvalue weighted by Crippen LogP contribution is -2.32. The summed E-state index contributed by atoms with van der Waals surface area (Å²) < 4.78 is 5.91. The van der Waals surface area contributed by atoms with Crippen LogP contribution >= 0.6 is 0 Å². The lowest BCUT2D eigenvalue weighted by molar-refractivity contribution is 0.0733. The molecule has 0 radical (unpaired) electrons. The molecule has 4 rings (SSSR count). The smallest absolute Gasteiger partial charge is 0.254 e. The molecular formula is C25H27N3O2. The number of hydrogen-bond donors (Lipinski definition) is 0. The Labute approximate surface area is 177 Å². The van der Waals surface area contributed by atoms with Gasteiger partial charge in [0.1, 0.15) is 12.4 Å².